The number of aryl methyl sites for hydroxylation is 1. The molecule has 6 nitrogen and oxygen atoms in total. The maximum Gasteiger partial charge on any atom is 0.224 e. The van der Waals surface area contributed by atoms with Gasteiger partial charge in [-0.3, -0.25) is 4.79 Å². The molecule has 2 heterocycles. The summed E-state index contributed by atoms with van der Waals surface area (Å²) in [7, 11) is 0. The lowest BCUT2D eigenvalue weighted by Gasteiger charge is -2.07. The Labute approximate surface area is 144 Å². The maximum absolute atomic E-state index is 11.6. The summed E-state index contributed by atoms with van der Waals surface area (Å²) in [5, 5.41) is 18.3. The molecule has 0 saturated heterocycles. The molecule has 0 radical (unpaired) electrons. The monoisotopic (exact) mass is 331 g/mol. The Kier molecular flexibility index (Phi) is 3.65. The minimum Gasteiger partial charge on any atom is -0.326 e. The predicted molar refractivity (Wildman–Crippen MR) is 97.4 cm³/mol. The van der Waals surface area contributed by atoms with Crippen LogP contribution in [0.1, 0.15) is 19.0 Å². The van der Waals surface area contributed by atoms with Crippen LogP contribution in [0.5, 0.6) is 0 Å². The van der Waals surface area contributed by atoms with Crippen LogP contribution >= 0.6 is 0 Å². The van der Waals surface area contributed by atoms with Crippen molar-refractivity contribution in [3.05, 3.63) is 54.2 Å². The van der Waals surface area contributed by atoms with Crippen LogP contribution in [-0.2, 0) is 4.79 Å². The lowest BCUT2D eigenvalue weighted by Crippen LogP contribution is -2.09. The molecule has 0 saturated carbocycles. The van der Waals surface area contributed by atoms with Gasteiger partial charge in [-0.25, -0.2) is 0 Å². The van der Waals surface area contributed by atoms with Crippen molar-refractivity contribution in [2.75, 3.05) is 5.32 Å². The molecule has 25 heavy (non-hydrogen) atoms. The standard InChI is InChI=1S/C19H17N5O/c1-3-17(25)20-14-8-6-7-13(11-14)18-21-22-19-16-10-5-4-9-15(16)12(2)23-24(18)19/h4-11H,3H2,1-2H3,(H,20,25). The molecular weight excluding hydrogens is 314 g/mol. The number of carbonyl (C=O) groups is 1. The van der Waals surface area contributed by atoms with Gasteiger partial charge < -0.3 is 5.32 Å². The fourth-order valence-corrected chi connectivity index (χ4v) is 2.91. The minimum atomic E-state index is -0.0248. The number of fused-ring (bicyclic) bond motifs is 3. The Morgan fingerprint density at radius 2 is 1.88 bits per heavy atom. The summed E-state index contributed by atoms with van der Waals surface area (Å²) in [6.07, 6.45) is 0.435. The van der Waals surface area contributed by atoms with Crippen molar-refractivity contribution < 1.29 is 4.79 Å². The van der Waals surface area contributed by atoms with Crippen molar-refractivity contribution in [2.24, 2.45) is 0 Å². The molecule has 6 heteroatoms. The molecule has 124 valence electrons. The smallest absolute Gasteiger partial charge is 0.224 e. The van der Waals surface area contributed by atoms with E-state index >= 15 is 0 Å². The molecule has 0 atom stereocenters. The molecule has 0 bridgehead atoms. The van der Waals surface area contributed by atoms with Gasteiger partial charge in [0.15, 0.2) is 11.5 Å². The van der Waals surface area contributed by atoms with Crippen LogP contribution in [0.25, 0.3) is 27.8 Å². The summed E-state index contributed by atoms with van der Waals surface area (Å²) in [5.74, 6) is 0.625. The van der Waals surface area contributed by atoms with Gasteiger partial charge in [0.25, 0.3) is 0 Å². The van der Waals surface area contributed by atoms with Gasteiger partial charge in [0, 0.05) is 28.4 Å². The molecule has 0 fully saturated rings. The first-order valence-electron chi connectivity index (χ1n) is 8.18. The molecule has 1 amide bonds. The summed E-state index contributed by atoms with van der Waals surface area (Å²) < 4.78 is 1.76. The fourth-order valence-electron chi connectivity index (χ4n) is 2.91. The van der Waals surface area contributed by atoms with Crippen LogP contribution in [0.4, 0.5) is 5.69 Å². The first-order valence-corrected chi connectivity index (χ1v) is 8.18. The van der Waals surface area contributed by atoms with E-state index in [1.807, 2.05) is 62.4 Å². The number of aromatic nitrogens is 4. The third kappa shape index (κ3) is 2.61. The number of nitrogens with one attached hydrogen (secondary N) is 1. The topological polar surface area (TPSA) is 72.2 Å². The van der Waals surface area contributed by atoms with E-state index in [9.17, 15) is 4.79 Å². The summed E-state index contributed by atoms with van der Waals surface area (Å²) in [6, 6.07) is 15.6. The number of hydrogen-bond acceptors (Lipinski definition) is 4. The van der Waals surface area contributed by atoms with Crippen LogP contribution < -0.4 is 5.32 Å². The highest BCUT2D eigenvalue weighted by Crippen LogP contribution is 2.26. The van der Waals surface area contributed by atoms with Crippen LogP contribution in [-0.4, -0.2) is 25.7 Å². The number of amides is 1. The zero-order valence-corrected chi connectivity index (χ0v) is 14.0. The van der Waals surface area contributed by atoms with E-state index in [4.69, 9.17) is 0 Å². The van der Waals surface area contributed by atoms with Gasteiger partial charge >= 0.3 is 0 Å². The van der Waals surface area contributed by atoms with Crippen LogP contribution in [0, 0.1) is 6.92 Å². The molecule has 1 N–H and O–H groups in total. The summed E-state index contributed by atoms with van der Waals surface area (Å²) in [6.45, 7) is 3.80. The van der Waals surface area contributed by atoms with E-state index in [0.29, 0.717) is 12.2 Å². The highest BCUT2D eigenvalue weighted by Gasteiger charge is 2.14. The van der Waals surface area contributed by atoms with Crippen molar-refractivity contribution >= 4 is 28.0 Å². The predicted octanol–water partition coefficient (Wildman–Crippen LogP) is 3.60. The van der Waals surface area contributed by atoms with Gasteiger partial charge in [0.1, 0.15) is 0 Å². The third-order valence-corrected chi connectivity index (χ3v) is 4.17. The number of carbonyl (C=O) groups excluding carboxylic acids is 1. The van der Waals surface area contributed by atoms with Crippen molar-refractivity contribution in [2.45, 2.75) is 20.3 Å². The Balaban J connectivity index is 1.88. The summed E-state index contributed by atoms with van der Waals surface area (Å²) in [5.41, 5.74) is 3.22. The zero-order valence-electron chi connectivity index (χ0n) is 14.0. The second-order valence-corrected chi connectivity index (χ2v) is 5.87. The largest absolute Gasteiger partial charge is 0.326 e. The molecule has 0 aliphatic rings. The Morgan fingerprint density at radius 3 is 2.68 bits per heavy atom. The number of nitrogens with zero attached hydrogens (tertiary/aromatic N) is 4. The normalized spacial score (nSPS) is 11.1. The van der Waals surface area contributed by atoms with E-state index in [0.717, 1.165) is 33.4 Å². The Hall–Kier alpha value is -3.28. The molecule has 2 aromatic heterocycles. The highest BCUT2D eigenvalue weighted by atomic mass is 16.1. The molecular formula is C19H17N5O. The minimum absolute atomic E-state index is 0.0248. The van der Waals surface area contributed by atoms with E-state index in [1.165, 1.54) is 0 Å². The second kappa shape index (κ2) is 5.98. The highest BCUT2D eigenvalue weighted by molar-refractivity contribution is 5.95. The molecule has 2 aromatic carbocycles. The molecule has 4 aromatic rings. The van der Waals surface area contributed by atoms with Crippen molar-refractivity contribution in [1.82, 2.24) is 19.8 Å². The van der Waals surface area contributed by atoms with Gasteiger partial charge in [0.2, 0.25) is 5.91 Å². The van der Waals surface area contributed by atoms with Crippen molar-refractivity contribution in [1.29, 1.82) is 0 Å². The van der Waals surface area contributed by atoms with Gasteiger partial charge in [-0.1, -0.05) is 43.3 Å². The summed E-state index contributed by atoms with van der Waals surface area (Å²) in [4.78, 5) is 11.6. The molecule has 0 aliphatic heterocycles. The number of anilines is 1. The van der Waals surface area contributed by atoms with Gasteiger partial charge in [-0.05, 0) is 19.1 Å². The SMILES string of the molecule is CCC(=O)Nc1cccc(-c2nnc3c4ccccc4c(C)nn23)c1. The van der Waals surface area contributed by atoms with Crippen molar-refractivity contribution in [3.8, 4) is 11.4 Å². The molecule has 0 unspecified atom stereocenters. The van der Waals surface area contributed by atoms with E-state index in [1.54, 1.807) is 4.52 Å². The molecule has 0 aliphatic carbocycles. The Morgan fingerprint density at radius 1 is 1.08 bits per heavy atom. The van der Waals surface area contributed by atoms with E-state index in [-0.39, 0.29) is 5.91 Å². The van der Waals surface area contributed by atoms with E-state index in [2.05, 4.69) is 20.6 Å². The average Bonchev–Trinajstić information content (AvgIpc) is 3.06. The second-order valence-electron chi connectivity index (χ2n) is 5.87. The quantitative estimate of drug-likeness (QED) is 0.622. The van der Waals surface area contributed by atoms with Gasteiger partial charge in [-0.2, -0.15) is 9.61 Å². The number of benzene rings is 2. The zero-order chi connectivity index (χ0) is 17.4. The third-order valence-electron chi connectivity index (χ3n) is 4.17. The van der Waals surface area contributed by atoms with E-state index < -0.39 is 0 Å². The van der Waals surface area contributed by atoms with Crippen LogP contribution in [0.2, 0.25) is 0 Å². The number of rotatable bonds is 3. The van der Waals surface area contributed by atoms with Crippen LogP contribution in [0.3, 0.4) is 0 Å². The van der Waals surface area contributed by atoms with Crippen LogP contribution in [0.15, 0.2) is 48.5 Å². The number of hydrogen-bond donors (Lipinski definition) is 1. The molecule has 0 spiro atoms. The first kappa shape index (κ1) is 15.3. The summed E-state index contributed by atoms with van der Waals surface area (Å²) >= 11 is 0. The maximum atomic E-state index is 11.6. The Bertz CT molecular complexity index is 1100. The lowest BCUT2D eigenvalue weighted by molar-refractivity contribution is -0.115. The van der Waals surface area contributed by atoms with Crippen molar-refractivity contribution in [3.63, 3.8) is 0 Å². The molecule has 4 rings (SSSR count). The first-order chi connectivity index (χ1) is 12.2. The fraction of sp³-hybridized carbons (Fsp3) is 0.158. The lowest BCUT2D eigenvalue weighted by atomic mass is 10.1. The average molecular weight is 331 g/mol. The van der Waals surface area contributed by atoms with Gasteiger partial charge in [0.05, 0.1) is 5.69 Å². The van der Waals surface area contributed by atoms with Gasteiger partial charge in [-0.15, -0.1) is 10.2 Å².